The molecule has 1 unspecified atom stereocenters. The summed E-state index contributed by atoms with van der Waals surface area (Å²) in [5, 5.41) is 4.04. The van der Waals surface area contributed by atoms with E-state index in [4.69, 9.17) is 28.9 Å². The first kappa shape index (κ1) is 15.1. The Labute approximate surface area is 127 Å². The van der Waals surface area contributed by atoms with Gasteiger partial charge in [-0.1, -0.05) is 35.3 Å². The van der Waals surface area contributed by atoms with Crippen molar-refractivity contribution in [3.8, 4) is 0 Å². The summed E-state index contributed by atoms with van der Waals surface area (Å²) in [6.45, 7) is 2.29. The summed E-state index contributed by atoms with van der Waals surface area (Å²) < 4.78 is 13.2. The van der Waals surface area contributed by atoms with Gasteiger partial charge in [-0.3, -0.25) is 0 Å². The normalized spacial score (nSPS) is 12.2. The Morgan fingerprint density at radius 3 is 2.50 bits per heavy atom. The third-order valence-corrected chi connectivity index (χ3v) is 3.79. The monoisotopic (exact) mass is 312 g/mol. The highest BCUT2D eigenvalue weighted by Gasteiger charge is 2.12. The zero-order chi connectivity index (χ0) is 14.7. The predicted molar refractivity (Wildman–Crippen MR) is 83.0 cm³/mol. The minimum atomic E-state index is -0.440. The third kappa shape index (κ3) is 3.42. The largest absolute Gasteiger partial charge is 0.377 e. The molecule has 2 rings (SSSR count). The second kappa shape index (κ2) is 6.44. The Morgan fingerprint density at radius 1 is 1.15 bits per heavy atom. The van der Waals surface area contributed by atoms with Crippen molar-refractivity contribution < 1.29 is 4.39 Å². The van der Waals surface area contributed by atoms with Crippen molar-refractivity contribution in [2.24, 2.45) is 5.73 Å². The van der Waals surface area contributed by atoms with Gasteiger partial charge in [-0.2, -0.15) is 0 Å². The first-order valence-corrected chi connectivity index (χ1v) is 6.94. The molecule has 2 aromatic carbocycles. The lowest BCUT2D eigenvalue weighted by atomic mass is 10.1. The molecule has 5 heteroatoms. The van der Waals surface area contributed by atoms with Gasteiger partial charge in [0.1, 0.15) is 5.82 Å². The number of nitrogens with one attached hydrogen (secondary N) is 1. The summed E-state index contributed by atoms with van der Waals surface area (Å²) in [5.41, 5.74) is 8.47. The SMILES string of the molecule is Cc1ccc(NC(CN)c2ccc(F)c(Cl)c2)cc1Cl. The Hall–Kier alpha value is -1.29. The number of aryl methyl sites for hydroxylation is 1. The molecule has 0 aromatic heterocycles. The maximum Gasteiger partial charge on any atom is 0.141 e. The third-order valence-electron chi connectivity index (χ3n) is 3.09. The van der Waals surface area contributed by atoms with E-state index in [1.165, 1.54) is 6.07 Å². The van der Waals surface area contributed by atoms with Crippen LogP contribution < -0.4 is 11.1 Å². The lowest BCUT2D eigenvalue weighted by molar-refractivity contribution is 0.626. The molecule has 0 radical (unpaired) electrons. The van der Waals surface area contributed by atoms with Gasteiger partial charge in [-0.15, -0.1) is 0 Å². The fourth-order valence-corrected chi connectivity index (χ4v) is 2.26. The molecular weight excluding hydrogens is 298 g/mol. The molecule has 3 N–H and O–H groups in total. The van der Waals surface area contributed by atoms with Crippen LogP contribution >= 0.6 is 23.2 Å². The molecule has 0 aliphatic heterocycles. The second-order valence-electron chi connectivity index (χ2n) is 4.57. The fourth-order valence-electron chi connectivity index (χ4n) is 1.89. The van der Waals surface area contributed by atoms with Crippen LogP contribution in [0.4, 0.5) is 10.1 Å². The Morgan fingerprint density at radius 2 is 1.90 bits per heavy atom. The standard InChI is InChI=1S/C15H15Cl2FN2/c1-9-2-4-11(7-12(9)16)20-15(8-19)10-3-5-14(18)13(17)6-10/h2-7,15,20H,8,19H2,1H3. The number of rotatable bonds is 4. The number of nitrogens with two attached hydrogens (primary N) is 1. The van der Waals surface area contributed by atoms with Crippen LogP contribution in [0.5, 0.6) is 0 Å². The lowest BCUT2D eigenvalue weighted by Crippen LogP contribution is -2.20. The van der Waals surface area contributed by atoms with Crippen LogP contribution in [0.15, 0.2) is 36.4 Å². The summed E-state index contributed by atoms with van der Waals surface area (Å²) in [5.74, 6) is -0.440. The van der Waals surface area contributed by atoms with Gasteiger partial charge in [0.25, 0.3) is 0 Å². The van der Waals surface area contributed by atoms with Crippen molar-refractivity contribution in [3.05, 3.63) is 63.4 Å². The van der Waals surface area contributed by atoms with Crippen molar-refractivity contribution in [1.29, 1.82) is 0 Å². The van der Waals surface area contributed by atoms with E-state index in [1.807, 2.05) is 25.1 Å². The van der Waals surface area contributed by atoms with Crippen LogP contribution in [-0.4, -0.2) is 6.54 Å². The summed E-state index contributed by atoms with van der Waals surface area (Å²) >= 11 is 11.9. The summed E-state index contributed by atoms with van der Waals surface area (Å²) in [6.07, 6.45) is 0. The zero-order valence-corrected chi connectivity index (χ0v) is 12.5. The molecule has 2 aromatic rings. The maximum absolute atomic E-state index is 13.2. The molecule has 0 fully saturated rings. The van der Waals surface area contributed by atoms with Crippen molar-refractivity contribution in [3.63, 3.8) is 0 Å². The van der Waals surface area contributed by atoms with E-state index in [1.54, 1.807) is 12.1 Å². The van der Waals surface area contributed by atoms with Gasteiger partial charge in [0, 0.05) is 17.3 Å². The van der Waals surface area contributed by atoms with E-state index in [0.717, 1.165) is 16.8 Å². The molecule has 1 atom stereocenters. The molecule has 2 nitrogen and oxygen atoms in total. The van der Waals surface area contributed by atoms with Gasteiger partial charge < -0.3 is 11.1 Å². The molecule has 20 heavy (non-hydrogen) atoms. The minimum Gasteiger partial charge on any atom is -0.377 e. The molecule has 0 aliphatic rings. The van der Waals surface area contributed by atoms with Gasteiger partial charge in [-0.05, 0) is 42.3 Å². The summed E-state index contributed by atoms with van der Waals surface area (Å²) in [4.78, 5) is 0. The van der Waals surface area contributed by atoms with Crippen LogP contribution in [0.1, 0.15) is 17.2 Å². The molecule has 0 aliphatic carbocycles. The highest BCUT2D eigenvalue weighted by Crippen LogP contribution is 2.26. The fraction of sp³-hybridized carbons (Fsp3) is 0.200. The topological polar surface area (TPSA) is 38.0 Å². The van der Waals surface area contributed by atoms with Crippen molar-refractivity contribution in [1.82, 2.24) is 0 Å². The predicted octanol–water partition coefficient (Wildman–Crippen LogP) is 4.55. The van der Waals surface area contributed by atoms with E-state index >= 15 is 0 Å². The highest BCUT2D eigenvalue weighted by atomic mass is 35.5. The molecule has 0 bridgehead atoms. The average molecular weight is 313 g/mol. The Bertz CT molecular complexity index is 617. The first-order valence-electron chi connectivity index (χ1n) is 6.19. The number of halogens is 3. The van der Waals surface area contributed by atoms with Gasteiger partial charge in [0.05, 0.1) is 11.1 Å². The van der Waals surface area contributed by atoms with E-state index in [2.05, 4.69) is 5.32 Å². The maximum atomic E-state index is 13.2. The van der Waals surface area contributed by atoms with Crippen LogP contribution in [0, 0.1) is 12.7 Å². The highest BCUT2D eigenvalue weighted by molar-refractivity contribution is 6.31. The molecule has 0 amide bonds. The second-order valence-corrected chi connectivity index (χ2v) is 5.38. The van der Waals surface area contributed by atoms with Gasteiger partial charge in [0.2, 0.25) is 0 Å². The van der Waals surface area contributed by atoms with E-state index in [0.29, 0.717) is 11.6 Å². The van der Waals surface area contributed by atoms with Crippen LogP contribution in [0.3, 0.4) is 0 Å². The zero-order valence-electron chi connectivity index (χ0n) is 11.0. The van der Waals surface area contributed by atoms with Gasteiger partial charge >= 0.3 is 0 Å². The average Bonchev–Trinajstić information content (AvgIpc) is 2.43. The Kier molecular flexibility index (Phi) is 4.86. The summed E-state index contributed by atoms with van der Waals surface area (Å²) in [7, 11) is 0. The number of benzene rings is 2. The van der Waals surface area contributed by atoms with Gasteiger partial charge in [-0.25, -0.2) is 4.39 Å². The number of hydrogen-bond donors (Lipinski definition) is 2. The smallest absolute Gasteiger partial charge is 0.141 e. The Balaban J connectivity index is 2.23. The minimum absolute atomic E-state index is 0.0877. The van der Waals surface area contributed by atoms with Crippen LogP contribution in [0.2, 0.25) is 10.0 Å². The number of anilines is 1. The van der Waals surface area contributed by atoms with Crippen molar-refractivity contribution >= 4 is 28.9 Å². The number of hydrogen-bond acceptors (Lipinski definition) is 2. The molecule has 0 saturated heterocycles. The lowest BCUT2D eigenvalue weighted by Gasteiger charge is -2.19. The van der Waals surface area contributed by atoms with E-state index in [-0.39, 0.29) is 11.1 Å². The molecule has 106 valence electrons. The van der Waals surface area contributed by atoms with E-state index < -0.39 is 5.82 Å². The first-order chi connectivity index (χ1) is 9.51. The van der Waals surface area contributed by atoms with Crippen LogP contribution in [-0.2, 0) is 0 Å². The summed E-state index contributed by atoms with van der Waals surface area (Å²) in [6, 6.07) is 10.1. The van der Waals surface area contributed by atoms with Gasteiger partial charge in [0.15, 0.2) is 0 Å². The van der Waals surface area contributed by atoms with Crippen LogP contribution in [0.25, 0.3) is 0 Å². The quantitative estimate of drug-likeness (QED) is 0.869. The van der Waals surface area contributed by atoms with Crippen molar-refractivity contribution in [2.45, 2.75) is 13.0 Å². The molecular formula is C15H15Cl2FN2. The van der Waals surface area contributed by atoms with E-state index in [9.17, 15) is 4.39 Å². The molecule has 0 heterocycles. The van der Waals surface area contributed by atoms with Crippen molar-refractivity contribution in [2.75, 3.05) is 11.9 Å². The molecule has 0 saturated carbocycles. The molecule has 0 spiro atoms.